The van der Waals surface area contributed by atoms with E-state index in [0.717, 1.165) is 46.8 Å². The number of fused-ring (bicyclic) bond motifs is 2. The maximum absolute atomic E-state index is 12.0. The highest BCUT2D eigenvalue weighted by molar-refractivity contribution is 7.86. The van der Waals surface area contributed by atoms with Crippen molar-refractivity contribution in [3.05, 3.63) is 71.5 Å². The van der Waals surface area contributed by atoms with Crippen molar-refractivity contribution in [2.24, 2.45) is 0 Å². The number of allylic oxidation sites excluding steroid dienone is 4. The summed E-state index contributed by atoms with van der Waals surface area (Å²) < 4.78 is 69.3. The van der Waals surface area contributed by atoms with Gasteiger partial charge in [-0.3, -0.25) is 13.9 Å². The van der Waals surface area contributed by atoms with Gasteiger partial charge >= 0.3 is 0 Å². The lowest BCUT2D eigenvalue weighted by molar-refractivity contribution is -0.438. The van der Waals surface area contributed by atoms with Crippen LogP contribution in [-0.4, -0.2) is 61.8 Å². The number of hydrogen-bond acceptors (Lipinski definition) is 6. The second-order valence-electron chi connectivity index (χ2n) is 12.5. The fourth-order valence-corrected chi connectivity index (χ4v) is 7.43. The summed E-state index contributed by atoms with van der Waals surface area (Å²) in [5.41, 5.74) is 3.98. The Morgan fingerprint density at radius 3 is 2.20 bits per heavy atom. The molecular formula is C34H42N3O7S2+. The topological polar surface area (TPSA) is 144 Å². The third kappa shape index (κ3) is 6.98. The molecule has 46 heavy (non-hydrogen) atoms. The summed E-state index contributed by atoms with van der Waals surface area (Å²) in [5.74, 6) is 2.31. The molecular weight excluding hydrogens is 627 g/mol. The number of amides is 1. The molecule has 4 rings (SSSR count). The van der Waals surface area contributed by atoms with Crippen LogP contribution in [0.2, 0.25) is 0 Å². The first-order valence-electron chi connectivity index (χ1n) is 15.2. The molecule has 2 aliphatic rings. The van der Waals surface area contributed by atoms with Crippen LogP contribution in [0.25, 0.3) is 0 Å². The summed E-state index contributed by atoms with van der Waals surface area (Å²) in [5, 5.41) is 2.67. The summed E-state index contributed by atoms with van der Waals surface area (Å²) in [6.45, 7) is 11.5. The van der Waals surface area contributed by atoms with E-state index in [1.807, 2.05) is 52.8 Å². The molecule has 0 bridgehead atoms. The van der Waals surface area contributed by atoms with Crippen molar-refractivity contribution in [1.29, 1.82) is 0 Å². The number of carbonyl (C=O) groups is 1. The van der Waals surface area contributed by atoms with Crippen LogP contribution in [0.3, 0.4) is 0 Å². The van der Waals surface area contributed by atoms with Crippen LogP contribution in [0.1, 0.15) is 71.4 Å². The van der Waals surface area contributed by atoms with Crippen LogP contribution in [0, 0.1) is 12.3 Å². The maximum Gasteiger partial charge on any atom is 0.294 e. The average Bonchev–Trinajstić information content (AvgIpc) is 3.32. The lowest BCUT2D eigenvalue weighted by Crippen LogP contribution is -2.28. The number of hydrogen-bond donors (Lipinski definition) is 3. The smallest absolute Gasteiger partial charge is 0.294 e. The van der Waals surface area contributed by atoms with Crippen LogP contribution >= 0.6 is 0 Å². The third-order valence-electron chi connectivity index (χ3n) is 8.82. The van der Waals surface area contributed by atoms with Gasteiger partial charge in [-0.05, 0) is 75.6 Å². The standard InChI is InChI=1S/C34H41N3O7S2/c1-7-20-35-32(38)15-10-9-11-21-37-29-19-17-25(46(42,43)44)23-27(29)34(5,6)31(37)14-12-13-30-33(3,4)26-22-24(45(39,40)41)16-18-28(26)36(30)8-2/h1,12-14,16-19,22-23H,8-11,15,20-21H2,2-6H3,(H2-,35,38,39,40,41,42,43,44)/p+1. The predicted octanol–water partition coefficient (Wildman–Crippen LogP) is 5.12. The van der Waals surface area contributed by atoms with E-state index in [9.17, 15) is 30.7 Å². The van der Waals surface area contributed by atoms with E-state index in [2.05, 4.69) is 20.7 Å². The minimum absolute atomic E-state index is 0.0844. The molecule has 0 saturated heterocycles. The Labute approximate surface area is 272 Å². The molecule has 12 heteroatoms. The van der Waals surface area contributed by atoms with Gasteiger partial charge in [0.2, 0.25) is 11.6 Å². The van der Waals surface area contributed by atoms with E-state index < -0.39 is 31.1 Å². The molecule has 0 radical (unpaired) electrons. The molecule has 2 heterocycles. The van der Waals surface area contributed by atoms with Gasteiger partial charge in [0.1, 0.15) is 6.54 Å². The Bertz CT molecular complexity index is 1900. The van der Waals surface area contributed by atoms with Crippen LogP contribution in [0.5, 0.6) is 0 Å². The second-order valence-corrected chi connectivity index (χ2v) is 15.4. The molecule has 2 aromatic carbocycles. The highest BCUT2D eigenvalue weighted by atomic mass is 32.2. The second kappa shape index (κ2) is 13.2. The Morgan fingerprint density at radius 1 is 0.957 bits per heavy atom. The van der Waals surface area contributed by atoms with Crippen molar-refractivity contribution in [3.8, 4) is 12.3 Å². The van der Waals surface area contributed by atoms with Gasteiger partial charge in [-0.2, -0.15) is 21.4 Å². The van der Waals surface area contributed by atoms with Gasteiger partial charge in [0.15, 0.2) is 5.71 Å². The van der Waals surface area contributed by atoms with Gasteiger partial charge in [0.05, 0.1) is 21.8 Å². The van der Waals surface area contributed by atoms with E-state index in [1.54, 1.807) is 12.1 Å². The average molecular weight is 669 g/mol. The SMILES string of the molecule is C#CCNC(=O)CCCCC[N+]1=C(C=CC=C2N(CC)c3ccc(S(=O)(=O)O)cc3C2(C)C)C(C)(C)c2cc(S(=O)(=O)O)ccc21. The molecule has 0 spiro atoms. The van der Waals surface area contributed by atoms with Crippen LogP contribution in [0.4, 0.5) is 11.4 Å². The monoisotopic (exact) mass is 668 g/mol. The van der Waals surface area contributed by atoms with Gasteiger partial charge in [-0.15, -0.1) is 6.42 Å². The van der Waals surface area contributed by atoms with E-state index in [0.29, 0.717) is 25.9 Å². The van der Waals surface area contributed by atoms with E-state index >= 15 is 0 Å². The number of anilines is 1. The zero-order valence-electron chi connectivity index (χ0n) is 26.9. The highest BCUT2D eigenvalue weighted by Crippen LogP contribution is 2.48. The number of rotatable bonds is 12. The lowest BCUT2D eigenvalue weighted by Gasteiger charge is -2.25. The molecule has 2 aliphatic heterocycles. The Morgan fingerprint density at radius 2 is 1.59 bits per heavy atom. The van der Waals surface area contributed by atoms with Gasteiger partial charge < -0.3 is 10.2 Å². The first kappa shape index (κ1) is 35.1. The zero-order valence-corrected chi connectivity index (χ0v) is 28.5. The number of carbonyl (C=O) groups excluding carboxylic acids is 1. The fourth-order valence-electron chi connectivity index (χ4n) is 6.41. The first-order valence-corrected chi connectivity index (χ1v) is 18.1. The molecule has 0 atom stereocenters. The molecule has 2 aromatic rings. The first-order chi connectivity index (χ1) is 21.4. The number of nitrogens with zero attached hydrogens (tertiary/aromatic N) is 2. The maximum atomic E-state index is 12.0. The Balaban J connectivity index is 1.69. The van der Waals surface area contributed by atoms with Crippen molar-refractivity contribution in [1.82, 2.24) is 5.32 Å². The van der Waals surface area contributed by atoms with Gasteiger partial charge in [0.25, 0.3) is 20.2 Å². The summed E-state index contributed by atoms with van der Waals surface area (Å²) in [6.07, 6.45) is 13.8. The van der Waals surface area contributed by atoms with Crippen LogP contribution in [-0.2, 0) is 35.9 Å². The largest absolute Gasteiger partial charge is 0.345 e. The molecule has 0 aromatic heterocycles. The van der Waals surface area contributed by atoms with Crippen LogP contribution < -0.4 is 10.2 Å². The molecule has 0 fully saturated rings. The summed E-state index contributed by atoms with van der Waals surface area (Å²) in [6, 6.07) is 9.29. The van der Waals surface area contributed by atoms with Crippen molar-refractivity contribution < 1.29 is 35.3 Å². The van der Waals surface area contributed by atoms with E-state index in [4.69, 9.17) is 6.42 Å². The lowest BCUT2D eigenvalue weighted by atomic mass is 9.81. The summed E-state index contributed by atoms with van der Waals surface area (Å²) in [4.78, 5) is 13.7. The highest BCUT2D eigenvalue weighted by Gasteiger charge is 2.45. The minimum Gasteiger partial charge on any atom is -0.345 e. The van der Waals surface area contributed by atoms with E-state index in [1.165, 1.54) is 24.3 Å². The summed E-state index contributed by atoms with van der Waals surface area (Å²) in [7, 11) is -8.76. The van der Waals surface area contributed by atoms with E-state index in [-0.39, 0.29) is 22.2 Å². The van der Waals surface area contributed by atoms with Crippen LogP contribution in [0.15, 0.2) is 70.1 Å². The van der Waals surface area contributed by atoms with Gasteiger partial charge in [-0.1, -0.05) is 25.8 Å². The predicted molar refractivity (Wildman–Crippen MR) is 179 cm³/mol. The number of nitrogens with one attached hydrogen (secondary N) is 1. The Hall–Kier alpha value is -3.76. The normalized spacial score (nSPS) is 17.8. The molecule has 1 amide bonds. The number of unbranched alkanes of at least 4 members (excludes halogenated alkanes) is 2. The molecule has 3 N–H and O–H groups in total. The molecule has 246 valence electrons. The van der Waals surface area contributed by atoms with Crippen molar-refractivity contribution in [2.45, 2.75) is 80.9 Å². The molecule has 0 aliphatic carbocycles. The molecule has 0 unspecified atom stereocenters. The minimum atomic E-state index is -4.40. The van der Waals surface area contributed by atoms with Crippen molar-refractivity contribution >= 4 is 43.2 Å². The quantitative estimate of drug-likeness (QED) is 0.122. The van der Waals surface area contributed by atoms with Crippen molar-refractivity contribution in [2.75, 3.05) is 24.5 Å². The third-order valence-corrected chi connectivity index (χ3v) is 10.5. The Kier molecular flexibility index (Phi) is 10.0. The fraction of sp³-hybridized carbons (Fsp3) is 0.412. The van der Waals surface area contributed by atoms with Crippen molar-refractivity contribution in [3.63, 3.8) is 0 Å². The van der Waals surface area contributed by atoms with Gasteiger partial charge in [0, 0.05) is 53.9 Å². The molecule has 0 saturated carbocycles. The number of benzene rings is 2. The number of likely N-dealkylation sites (N-methyl/N-ethyl adjacent to an activating group) is 1. The number of terminal acetylenes is 1. The van der Waals surface area contributed by atoms with Gasteiger partial charge in [-0.25, -0.2) is 0 Å². The molecule has 10 nitrogen and oxygen atoms in total. The summed E-state index contributed by atoms with van der Waals surface area (Å²) >= 11 is 0. The zero-order chi connectivity index (χ0) is 34.1.